The molecule has 164 valence electrons. The number of alkyl halides is 3. The molecule has 12 heteroatoms. The number of benzene rings is 2. The van der Waals surface area contributed by atoms with Crippen LogP contribution in [0.3, 0.4) is 0 Å². The maximum atomic E-state index is 13.6. The zero-order valence-electron chi connectivity index (χ0n) is 16.0. The van der Waals surface area contributed by atoms with Crippen molar-refractivity contribution in [1.82, 2.24) is 5.01 Å². The summed E-state index contributed by atoms with van der Waals surface area (Å²) in [7, 11) is 1.38. The second-order valence-corrected chi connectivity index (χ2v) is 6.52. The van der Waals surface area contributed by atoms with Crippen molar-refractivity contribution in [3.63, 3.8) is 0 Å². The van der Waals surface area contributed by atoms with Crippen LogP contribution in [-0.4, -0.2) is 52.3 Å². The highest BCUT2D eigenvalue weighted by Crippen LogP contribution is 2.41. The minimum absolute atomic E-state index is 0.0192. The smallest absolute Gasteiger partial charge is 0.438 e. The molecular weight excluding hydrogens is 423 g/mol. The molecule has 0 spiro atoms. The van der Waals surface area contributed by atoms with E-state index in [1.54, 1.807) is 6.07 Å². The van der Waals surface area contributed by atoms with Gasteiger partial charge in [0.15, 0.2) is 6.61 Å². The Morgan fingerprint density at radius 3 is 2.52 bits per heavy atom. The highest BCUT2D eigenvalue weighted by molar-refractivity contribution is 6.03. The molecule has 0 aliphatic carbocycles. The van der Waals surface area contributed by atoms with Crippen LogP contribution in [0.4, 0.5) is 18.9 Å². The Balaban J connectivity index is 1.83. The van der Waals surface area contributed by atoms with Crippen molar-refractivity contribution in [2.75, 3.05) is 13.7 Å². The Morgan fingerprint density at radius 2 is 1.94 bits per heavy atom. The molecule has 0 bridgehead atoms. The molecule has 2 aromatic rings. The average Bonchev–Trinajstić information content (AvgIpc) is 3.11. The quantitative estimate of drug-likeness (QED) is 0.547. The van der Waals surface area contributed by atoms with E-state index in [1.807, 2.05) is 0 Å². The van der Waals surface area contributed by atoms with Gasteiger partial charge < -0.3 is 14.6 Å². The van der Waals surface area contributed by atoms with Gasteiger partial charge in [-0.3, -0.25) is 14.9 Å². The summed E-state index contributed by atoms with van der Waals surface area (Å²) in [6, 6.07) is 10.6. The molecule has 1 N–H and O–H groups in total. The van der Waals surface area contributed by atoms with Gasteiger partial charge in [-0.2, -0.15) is 23.3 Å². The van der Waals surface area contributed by atoms with Crippen molar-refractivity contribution in [3.05, 3.63) is 64.2 Å². The number of halogens is 3. The molecule has 1 heterocycles. The number of ether oxygens (including phenoxy) is 2. The zero-order valence-corrected chi connectivity index (χ0v) is 16.0. The molecule has 0 unspecified atom stereocenters. The first-order chi connectivity index (χ1) is 14.5. The number of hydrogen-bond acceptors (Lipinski definition) is 7. The Hall–Kier alpha value is -3.67. The number of methoxy groups -OCH3 is 1. The number of carbonyl (C=O) groups is 1. The van der Waals surface area contributed by atoms with Crippen LogP contribution in [0.5, 0.6) is 11.5 Å². The van der Waals surface area contributed by atoms with Gasteiger partial charge in [0.25, 0.3) is 17.3 Å². The maximum absolute atomic E-state index is 13.6. The van der Waals surface area contributed by atoms with Gasteiger partial charge in [-0.1, -0.05) is 12.1 Å². The summed E-state index contributed by atoms with van der Waals surface area (Å²) in [5.41, 5.74) is -3.70. The number of nitro groups is 1. The number of rotatable bonds is 6. The molecule has 1 aliphatic rings. The summed E-state index contributed by atoms with van der Waals surface area (Å²) in [4.78, 5) is 22.5. The number of hydrogen-bond donors (Lipinski definition) is 1. The van der Waals surface area contributed by atoms with Crippen LogP contribution in [0, 0.1) is 10.1 Å². The highest BCUT2D eigenvalue weighted by Gasteiger charge is 2.63. The van der Waals surface area contributed by atoms with Crippen LogP contribution in [0.2, 0.25) is 0 Å². The number of nitrogens with zero attached hydrogens (tertiary/aromatic N) is 3. The Morgan fingerprint density at radius 1 is 1.26 bits per heavy atom. The average molecular weight is 439 g/mol. The first kappa shape index (κ1) is 22.0. The van der Waals surface area contributed by atoms with E-state index in [0.717, 1.165) is 12.1 Å². The predicted molar refractivity (Wildman–Crippen MR) is 101 cm³/mol. The molecule has 1 atom stereocenters. The molecule has 0 saturated carbocycles. The molecule has 9 nitrogen and oxygen atoms in total. The van der Waals surface area contributed by atoms with E-state index < -0.39 is 35.8 Å². The van der Waals surface area contributed by atoms with Gasteiger partial charge in [-0.25, -0.2) is 0 Å². The SMILES string of the molecule is COc1cccc(C2=NN(C(=O)COc3ccc([N+](=O)[O-])cc3)[C@@](O)(C(F)(F)F)C2)c1. The van der Waals surface area contributed by atoms with Crippen molar-refractivity contribution in [2.24, 2.45) is 5.10 Å². The summed E-state index contributed by atoms with van der Waals surface area (Å²) < 4.78 is 51.0. The lowest BCUT2D eigenvalue weighted by molar-refractivity contribution is -0.384. The Kier molecular flexibility index (Phi) is 5.84. The van der Waals surface area contributed by atoms with Crippen LogP contribution in [0.1, 0.15) is 12.0 Å². The van der Waals surface area contributed by atoms with Crippen molar-refractivity contribution in [1.29, 1.82) is 0 Å². The second kappa shape index (κ2) is 8.22. The Bertz CT molecular complexity index is 1030. The summed E-state index contributed by atoms with van der Waals surface area (Å²) >= 11 is 0. The molecule has 1 aliphatic heterocycles. The van der Waals surface area contributed by atoms with E-state index in [0.29, 0.717) is 5.75 Å². The normalized spacial score (nSPS) is 18.5. The zero-order chi connectivity index (χ0) is 22.8. The minimum atomic E-state index is -5.19. The Labute approximate surface area is 173 Å². The summed E-state index contributed by atoms with van der Waals surface area (Å²) in [6.45, 7) is -0.884. The summed E-state index contributed by atoms with van der Waals surface area (Å²) in [6.07, 6.45) is -6.17. The maximum Gasteiger partial charge on any atom is 0.438 e. The lowest BCUT2D eigenvalue weighted by Crippen LogP contribution is -2.57. The molecule has 0 aromatic heterocycles. The molecule has 3 rings (SSSR count). The number of carbonyl (C=O) groups excluding carboxylic acids is 1. The fraction of sp³-hybridized carbons (Fsp3) is 0.263. The molecule has 2 aromatic carbocycles. The van der Waals surface area contributed by atoms with E-state index in [9.17, 15) is 33.2 Å². The van der Waals surface area contributed by atoms with E-state index in [2.05, 4.69) is 5.10 Å². The topological polar surface area (TPSA) is 114 Å². The van der Waals surface area contributed by atoms with E-state index in [4.69, 9.17) is 9.47 Å². The number of non-ortho nitro benzene ring substituents is 1. The molecule has 31 heavy (non-hydrogen) atoms. The van der Waals surface area contributed by atoms with Crippen molar-refractivity contribution < 1.29 is 37.5 Å². The van der Waals surface area contributed by atoms with Crippen molar-refractivity contribution in [3.8, 4) is 11.5 Å². The third-order valence-corrected chi connectivity index (χ3v) is 4.49. The standard InChI is InChI=1S/C19H16F3N3O6/c1-30-15-4-2-3-12(9-15)16-10-18(27,19(20,21)22)24(23-16)17(26)11-31-14-7-5-13(6-8-14)25(28)29/h2-9,27H,10-11H2,1H3/t18-/m0/s1. The van der Waals surface area contributed by atoms with Crippen LogP contribution in [0.15, 0.2) is 53.6 Å². The minimum Gasteiger partial charge on any atom is -0.497 e. The fourth-order valence-electron chi connectivity index (χ4n) is 2.86. The van der Waals surface area contributed by atoms with Gasteiger partial charge in [0.1, 0.15) is 11.5 Å². The summed E-state index contributed by atoms with van der Waals surface area (Å²) in [5.74, 6) is -0.871. The third-order valence-electron chi connectivity index (χ3n) is 4.49. The second-order valence-electron chi connectivity index (χ2n) is 6.52. The first-order valence-corrected chi connectivity index (χ1v) is 8.76. The van der Waals surface area contributed by atoms with Crippen LogP contribution < -0.4 is 9.47 Å². The molecule has 0 radical (unpaired) electrons. The van der Waals surface area contributed by atoms with Gasteiger partial charge in [-0.05, 0) is 24.3 Å². The van der Waals surface area contributed by atoms with Crippen molar-refractivity contribution in [2.45, 2.75) is 18.3 Å². The lowest BCUT2D eigenvalue weighted by Gasteiger charge is -2.32. The molecule has 0 fully saturated rings. The van der Waals surface area contributed by atoms with Crippen molar-refractivity contribution >= 4 is 17.3 Å². The largest absolute Gasteiger partial charge is 0.497 e. The van der Waals surface area contributed by atoms with Gasteiger partial charge in [0.2, 0.25) is 0 Å². The number of nitro benzene ring substituents is 1. The first-order valence-electron chi connectivity index (χ1n) is 8.76. The fourth-order valence-corrected chi connectivity index (χ4v) is 2.86. The number of hydrazone groups is 1. The molecule has 1 amide bonds. The van der Waals surface area contributed by atoms with Gasteiger partial charge in [0.05, 0.1) is 24.2 Å². The van der Waals surface area contributed by atoms with Gasteiger partial charge in [-0.15, -0.1) is 0 Å². The monoisotopic (exact) mass is 439 g/mol. The van der Waals surface area contributed by atoms with Crippen LogP contribution >= 0.6 is 0 Å². The molecule has 0 saturated heterocycles. The van der Waals surface area contributed by atoms with Gasteiger partial charge in [0, 0.05) is 17.7 Å². The van der Waals surface area contributed by atoms with Gasteiger partial charge >= 0.3 is 6.18 Å². The van der Waals surface area contributed by atoms with E-state index >= 15 is 0 Å². The van der Waals surface area contributed by atoms with Crippen LogP contribution in [-0.2, 0) is 4.79 Å². The van der Waals surface area contributed by atoms with E-state index in [-0.39, 0.29) is 27.7 Å². The lowest BCUT2D eigenvalue weighted by atomic mass is 10.0. The van der Waals surface area contributed by atoms with E-state index in [1.165, 1.54) is 37.4 Å². The third kappa shape index (κ3) is 4.43. The predicted octanol–water partition coefficient (Wildman–Crippen LogP) is 2.87. The van der Waals surface area contributed by atoms with Crippen LogP contribution in [0.25, 0.3) is 0 Å². The molecular formula is C19H16F3N3O6. The highest BCUT2D eigenvalue weighted by atomic mass is 19.4. The number of aliphatic hydroxyl groups is 1. The number of amides is 1. The summed E-state index contributed by atoms with van der Waals surface area (Å²) in [5, 5.41) is 24.6.